The summed E-state index contributed by atoms with van der Waals surface area (Å²) in [6, 6.07) is 12.0. The first-order chi connectivity index (χ1) is 20.2. The average Bonchev–Trinajstić information content (AvgIpc) is 3.33. The van der Waals surface area contributed by atoms with E-state index in [-0.39, 0.29) is 41.2 Å². The largest absolute Gasteiger partial charge is 0.493 e. The van der Waals surface area contributed by atoms with Crippen LogP contribution in [0.5, 0.6) is 5.75 Å². The normalized spacial score (nSPS) is 33.3. The van der Waals surface area contributed by atoms with Gasteiger partial charge in [-0.15, -0.1) is 0 Å². The van der Waals surface area contributed by atoms with Crippen LogP contribution in [-0.4, -0.2) is 48.8 Å². The van der Waals surface area contributed by atoms with Gasteiger partial charge in [-0.25, -0.2) is 4.79 Å². The first-order valence-corrected chi connectivity index (χ1v) is 15.5. The molecule has 0 unspecified atom stereocenters. The average molecular weight is 575 g/mol. The molecule has 4 aliphatic rings. The Kier molecular flexibility index (Phi) is 7.77. The van der Waals surface area contributed by atoms with E-state index >= 15 is 0 Å². The smallest absolute Gasteiger partial charge is 0.329 e. The molecule has 6 rings (SSSR count). The summed E-state index contributed by atoms with van der Waals surface area (Å²) in [7, 11) is 0. The van der Waals surface area contributed by atoms with Gasteiger partial charge in [0.25, 0.3) is 0 Å². The van der Waals surface area contributed by atoms with E-state index in [0.29, 0.717) is 37.4 Å². The van der Waals surface area contributed by atoms with Crippen molar-refractivity contribution < 1.29 is 29.0 Å². The van der Waals surface area contributed by atoms with E-state index in [0.717, 1.165) is 60.7 Å². The Morgan fingerprint density at radius 2 is 1.81 bits per heavy atom. The van der Waals surface area contributed by atoms with Crippen LogP contribution in [0.4, 0.5) is 5.69 Å². The van der Waals surface area contributed by atoms with Crippen molar-refractivity contribution in [2.45, 2.75) is 64.8 Å². The van der Waals surface area contributed by atoms with Crippen LogP contribution in [-0.2, 0) is 19.1 Å². The molecule has 0 spiro atoms. The van der Waals surface area contributed by atoms with E-state index in [9.17, 15) is 14.4 Å². The summed E-state index contributed by atoms with van der Waals surface area (Å²) in [6.45, 7) is 5.09. The molecule has 2 aromatic rings. The number of carboxylic acid groups (broad SMARTS) is 1. The van der Waals surface area contributed by atoms with Crippen LogP contribution < -0.4 is 15.4 Å². The van der Waals surface area contributed by atoms with Crippen molar-refractivity contribution >= 4 is 34.2 Å². The summed E-state index contributed by atoms with van der Waals surface area (Å²) >= 11 is 0. The molecule has 224 valence electrons. The number of hydrogen-bond donors (Lipinski definition) is 3. The van der Waals surface area contributed by atoms with E-state index in [1.807, 2.05) is 36.4 Å². The molecule has 2 aromatic carbocycles. The lowest BCUT2D eigenvalue weighted by Gasteiger charge is -2.58. The van der Waals surface area contributed by atoms with Crippen molar-refractivity contribution in [1.82, 2.24) is 5.32 Å². The van der Waals surface area contributed by atoms with Gasteiger partial charge in [-0.05, 0) is 79.9 Å². The van der Waals surface area contributed by atoms with Crippen molar-refractivity contribution in [3.05, 3.63) is 48.6 Å². The summed E-state index contributed by atoms with van der Waals surface area (Å²) in [6.07, 6.45) is 10.7. The highest BCUT2D eigenvalue weighted by molar-refractivity contribution is 6.04. The number of carboxylic acids is 1. The number of rotatable bonds is 9. The van der Waals surface area contributed by atoms with E-state index in [1.165, 1.54) is 0 Å². The molecule has 3 N–H and O–H groups in total. The molecule has 7 atom stereocenters. The van der Waals surface area contributed by atoms with Crippen molar-refractivity contribution in [1.29, 1.82) is 0 Å². The molecule has 3 aliphatic carbocycles. The number of carbonyl (C=O) groups is 3. The lowest BCUT2D eigenvalue weighted by Crippen LogP contribution is -2.59. The second-order valence-corrected chi connectivity index (χ2v) is 13.2. The molecule has 0 saturated heterocycles. The van der Waals surface area contributed by atoms with E-state index < -0.39 is 5.97 Å². The van der Waals surface area contributed by atoms with Gasteiger partial charge < -0.3 is 25.2 Å². The maximum Gasteiger partial charge on any atom is 0.329 e. The van der Waals surface area contributed by atoms with Crippen LogP contribution in [0.25, 0.3) is 10.8 Å². The second kappa shape index (κ2) is 11.4. The van der Waals surface area contributed by atoms with Gasteiger partial charge in [0.05, 0.1) is 13.2 Å². The topological polar surface area (TPSA) is 114 Å². The van der Waals surface area contributed by atoms with Crippen molar-refractivity contribution in [2.24, 2.45) is 34.5 Å². The van der Waals surface area contributed by atoms with Gasteiger partial charge in [-0.2, -0.15) is 0 Å². The SMILES string of the molecule is C[C@]12C=CC(=O)N[C@@H]1CC[C@@H]1[C@@H]2CC[C@]2(C)[C@@H](C(=O)Nc3cccc4c(OCCCOCC(=O)O)cccc34)CC[C@@H]12. The van der Waals surface area contributed by atoms with Crippen molar-refractivity contribution in [2.75, 3.05) is 25.1 Å². The zero-order valence-electron chi connectivity index (χ0n) is 24.6. The molecule has 3 saturated carbocycles. The van der Waals surface area contributed by atoms with Crippen LogP contribution >= 0.6 is 0 Å². The summed E-state index contributed by atoms with van der Waals surface area (Å²) in [5, 5.41) is 17.1. The standard InChI is InChI=1S/C34H42N2O6/c1-33-16-14-25-23(10-13-29-34(25,2)17-15-30(37)36-29)24(33)11-12-26(33)32(40)35-27-8-3-7-22-21(27)6-4-9-28(22)42-19-5-18-41-20-31(38)39/h3-4,6-9,15,17,23-26,29H,5,10-14,16,18-20H2,1-2H3,(H,35,40)(H,36,37)(H,38,39)/t23-,24-,25-,26+,29+,33-,34+/m0/s1. The third-order valence-electron chi connectivity index (χ3n) is 11.1. The highest BCUT2D eigenvalue weighted by Crippen LogP contribution is 2.65. The Morgan fingerprint density at radius 1 is 1.00 bits per heavy atom. The molecule has 3 fully saturated rings. The molecule has 1 aliphatic heterocycles. The fraction of sp³-hybridized carbons (Fsp3) is 0.559. The van der Waals surface area contributed by atoms with Crippen LogP contribution in [0.3, 0.4) is 0 Å². The Morgan fingerprint density at radius 3 is 2.64 bits per heavy atom. The third kappa shape index (κ3) is 5.08. The van der Waals surface area contributed by atoms with Crippen LogP contribution in [0.2, 0.25) is 0 Å². The number of amides is 2. The summed E-state index contributed by atoms with van der Waals surface area (Å²) in [4.78, 5) is 36.6. The summed E-state index contributed by atoms with van der Waals surface area (Å²) in [5.41, 5.74) is 0.759. The predicted octanol–water partition coefficient (Wildman–Crippen LogP) is 5.56. The summed E-state index contributed by atoms with van der Waals surface area (Å²) < 4.78 is 11.1. The Bertz CT molecular complexity index is 1410. The summed E-state index contributed by atoms with van der Waals surface area (Å²) in [5.74, 6) is 1.48. The number of benzene rings is 2. The van der Waals surface area contributed by atoms with Gasteiger partial charge in [0.15, 0.2) is 0 Å². The van der Waals surface area contributed by atoms with Gasteiger partial charge in [0.1, 0.15) is 12.4 Å². The maximum atomic E-state index is 14.0. The van der Waals surface area contributed by atoms with E-state index in [2.05, 4.69) is 30.6 Å². The number of anilines is 1. The maximum absolute atomic E-state index is 14.0. The second-order valence-electron chi connectivity index (χ2n) is 13.2. The Balaban J connectivity index is 1.14. The predicted molar refractivity (Wildman–Crippen MR) is 160 cm³/mol. The number of ether oxygens (including phenoxy) is 2. The lowest BCUT2D eigenvalue weighted by atomic mass is 9.48. The number of nitrogens with one attached hydrogen (secondary N) is 2. The van der Waals surface area contributed by atoms with Crippen LogP contribution in [0, 0.1) is 34.5 Å². The quantitative estimate of drug-likeness (QED) is 0.338. The fourth-order valence-electron chi connectivity index (χ4n) is 9.00. The van der Waals surface area contributed by atoms with Gasteiger partial charge >= 0.3 is 5.97 Å². The van der Waals surface area contributed by atoms with E-state index in [4.69, 9.17) is 14.6 Å². The number of carbonyl (C=O) groups excluding carboxylic acids is 2. The van der Waals surface area contributed by atoms with Gasteiger partial charge in [0, 0.05) is 40.3 Å². The van der Waals surface area contributed by atoms with Crippen LogP contribution in [0.15, 0.2) is 48.6 Å². The highest BCUT2D eigenvalue weighted by Gasteiger charge is 2.60. The molecule has 0 aromatic heterocycles. The number of hydrogen-bond acceptors (Lipinski definition) is 5. The molecule has 8 heteroatoms. The zero-order valence-corrected chi connectivity index (χ0v) is 24.6. The van der Waals surface area contributed by atoms with Crippen LogP contribution in [0.1, 0.15) is 58.8 Å². The molecule has 1 heterocycles. The molecule has 42 heavy (non-hydrogen) atoms. The molecule has 0 bridgehead atoms. The number of fused-ring (bicyclic) bond motifs is 6. The molecule has 0 radical (unpaired) electrons. The van der Waals surface area contributed by atoms with Crippen molar-refractivity contribution in [3.63, 3.8) is 0 Å². The molecular weight excluding hydrogens is 532 g/mol. The van der Waals surface area contributed by atoms with Gasteiger partial charge in [-0.1, -0.05) is 44.2 Å². The first-order valence-electron chi connectivity index (χ1n) is 15.5. The van der Waals surface area contributed by atoms with Gasteiger partial charge in [0.2, 0.25) is 11.8 Å². The monoisotopic (exact) mass is 574 g/mol. The molecular formula is C34H42N2O6. The Labute approximate surface area is 247 Å². The lowest BCUT2D eigenvalue weighted by molar-refractivity contribution is -0.142. The minimum atomic E-state index is -0.982. The fourth-order valence-corrected chi connectivity index (χ4v) is 9.00. The zero-order chi connectivity index (χ0) is 29.5. The molecule has 2 amide bonds. The highest BCUT2D eigenvalue weighted by atomic mass is 16.5. The minimum Gasteiger partial charge on any atom is -0.493 e. The van der Waals surface area contributed by atoms with E-state index in [1.54, 1.807) is 6.08 Å². The first kappa shape index (κ1) is 28.7. The van der Waals surface area contributed by atoms with Gasteiger partial charge in [-0.3, -0.25) is 9.59 Å². The minimum absolute atomic E-state index is 0.00721. The Hall–Kier alpha value is -3.39. The van der Waals surface area contributed by atoms with Crippen molar-refractivity contribution in [3.8, 4) is 5.75 Å². The number of aliphatic carboxylic acids is 1. The molecule has 8 nitrogen and oxygen atoms in total. The third-order valence-corrected chi connectivity index (χ3v) is 11.1.